The van der Waals surface area contributed by atoms with Crippen LogP contribution < -0.4 is 4.74 Å². The van der Waals surface area contributed by atoms with Crippen LogP contribution in [0.3, 0.4) is 0 Å². The summed E-state index contributed by atoms with van der Waals surface area (Å²) in [6.45, 7) is 14.9. The van der Waals surface area contributed by atoms with E-state index >= 15 is 0 Å². The summed E-state index contributed by atoms with van der Waals surface area (Å²) in [4.78, 5) is 11.3. The number of hydrogen-bond donors (Lipinski definition) is 1. The molecule has 1 rings (SSSR count). The lowest BCUT2D eigenvalue weighted by Gasteiger charge is -2.13. The molecule has 116 valence electrons. The maximum Gasteiger partial charge on any atom is 0.161 e. The lowest BCUT2D eigenvalue weighted by molar-refractivity contribution is 0.101. The highest BCUT2D eigenvalue weighted by atomic mass is 16.5. The van der Waals surface area contributed by atoms with Crippen LogP contribution in [0.5, 0.6) is 5.75 Å². The number of carbonyl (C=O) groups is 1. The Morgan fingerprint density at radius 3 is 2.33 bits per heavy atom. The Morgan fingerprint density at radius 2 is 1.86 bits per heavy atom. The molecule has 0 radical (unpaired) electrons. The van der Waals surface area contributed by atoms with Crippen LogP contribution >= 0.6 is 0 Å². The van der Waals surface area contributed by atoms with Crippen molar-refractivity contribution in [2.75, 3.05) is 0 Å². The second-order valence-corrected chi connectivity index (χ2v) is 4.54. The molecule has 0 saturated carbocycles. The first-order valence-electron chi connectivity index (χ1n) is 7.24. The van der Waals surface area contributed by atoms with Crippen molar-refractivity contribution in [1.29, 1.82) is 0 Å². The second-order valence-electron chi connectivity index (χ2n) is 4.54. The summed E-state index contributed by atoms with van der Waals surface area (Å²) in [6, 6.07) is 5.23. The smallest absolute Gasteiger partial charge is 0.161 e. The van der Waals surface area contributed by atoms with E-state index in [1.54, 1.807) is 12.1 Å². The zero-order chi connectivity index (χ0) is 16.6. The molecule has 0 aliphatic carbocycles. The molecular formula is C18H26O3. The van der Waals surface area contributed by atoms with Gasteiger partial charge in [0.1, 0.15) is 5.75 Å². The van der Waals surface area contributed by atoms with Gasteiger partial charge in [0.25, 0.3) is 0 Å². The van der Waals surface area contributed by atoms with Crippen molar-refractivity contribution in [3.8, 4) is 5.75 Å². The maximum atomic E-state index is 11.3. The molecule has 3 nitrogen and oxygen atoms in total. The van der Waals surface area contributed by atoms with Crippen LogP contribution in [0.1, 0.15) is 57.0 Å². The number of carbonyl (C=O) groups excluding carboxylic acids is 1. The molecule has 0 aromatic heterocycles. The Balaban J connectivity index is 0.00000191. The number of rotatable bonds is 5. The predicted octanol–water partition coefficient (Wildman–Crippen LogP) is 5.36. The van der Waals surface area contributed by atoms with E-state index in [-0.39, 0.29) is 17.3 Å². The molecular weight excluding hydrogens is 264 g/mol. The Labute approximate surface area is 128 Å². The average Bonchev–Trinajstić information content (AvgIpc) is 2.49. The molecule has 0 unspecified atom stereocenters. The van der Waals surface area contributed by atoms with Gasteiger partial charge in [-0.15, -0.1) is 0 Å². The first kappa shape index (κ1) is 19.0. The van der Waals surface area contributed by atoms with Crippen LogP contribution in [0.2, 0.25) is 0 Å². The molecule has 1 N–H and O–H groups in total. The van der Waals surface area contributed by atoms with Gasteiger partial charge >= 0.3 is 0 Å². The van der Waals surface area contributed by atoms with Gasteiger partial charge < -0.3 is 9.84 Å². The summed E-state index contributed by atoms with van der Waals surface area (Å²) in [6.07, 6.45) is 0.723. The summed E-state index contributed by atoms with van der Waals surface area (Å²) < 4.78 is 5.57. The predicted molar refractivity (Wildman–Crippen MR) is 87.9 cm³/mol. The van der Waals surface area contributed by atoms with Gasteiger partial charge in [-0.2, -0.15) is 0 Å². The monoisotopic (exact) mass is 290 g/mol. The molecule has 21 heavy (non-hydrogen) atoms. The van der Waals surface area contributed by atoms with E-state index in [9.17, 15) is 9.90 Å². The SMILES string of the molecule is C=C(Oc1cc(C(C)=O)ccc1C)/C(O)=C(/C)CC.CC. The minimum atomic E-state index is -0.0278. The highest BCUT2D eigenvalue weighted by Gasteiger charge is 2.10. The highest BCUT2D eigenvalue weighted by molar-refractivity contribution is 5.94. The first-order chi connectivity index (χ1) is 9.86. The van der Waals surface area contributed by atoms with Gasteiger partial charge in [-0.1, -0.05) is 39.5 Å². The van der Waals surface area contributed by atoms with E-state index in [4.69, 9.17) is 4.74 Å². The largest absolute Gasteiger partial charge is 0.504 e. The van der Waals surface area contributed by atoms with Gasteiger partial charge in [0, 0.05) is 5.56 Å². The topological polar surface area (TPSA) is 46.5 Å². The highest BCUT2D eigenvalue weighted by Crippen LogP contribution is 2.24. The number of aliphatic hydroxyl groups is 1. The minimum Gasteiger partial charge on any atom is -0.504 e. The minimum absolute atomic E-state index is 0.0278. The molecule has 0 amide bonds. The van der Waals surface area contributed by atoms with Crippen molar-refractivity contribution in [2.24, 2.45) is 0 Å². The molecule has 0 atom stereocenters. The average molecular weight is 290 g/mol. The number of aryl methyl sites for hydroxylation is 1. The number of Topliss-reactive ketones (excluding diaryl/α,β-unsaturated/α-hetero) is 1. The van der Waals surface area contributed by atoms with Crippen LogP contribution in [0.15, 0.2) is 41.9 Å². The van der Waals surface area contributed by atoms with Crippen LogP contribution in [0.25, 0.3) is 0 Å². The first-order valence-corrected chi connectivity index (χ1v) is 7.24. The fraction of sp³-hybridized carbons (Fsp3) is 0.389. The molecule has 0 aliphatic heterocycles. The van der Waals surface area contributed by atoms with Gasteiger partial charge in [-0.3, -0.25) is 4.79 Å². The van der Waals surface area contributed by atoms with Gasteiger partial charge in [0.2, 0.25) is 0 Å². The summed E-state index contributed by atoms with van der Waals surface area (Å²) in [5.74, 6) is 0.770. The molecule has 0 fully saturated rings. The van der Waals surface area contributed by atoms with Crippen molar-refractivity contribution < 1.29 is 14.6 Å². The summed E-state index contributed by atoms with van der Waals surface area (Å²) >= 11 is 0. The fourth-order valence-electron chi connectivity index (χ4n) is 1.52. The molecule has 1 aromatic rings. The number of aliphatic hydroxyl groups excluding tert-OH is 1. The number of hydrogen-bond acceptors (Lipinski definition) is 3. The fourth-order valence-corrected chi connectivity index (χ4v) is 1.52. The van der Waals surface area contributed by atoms with E-state index in [1.165, 1.54) is 6.92 Å². The molecule has 0 spiro atoms. The number of allylic oxidation sites excluding steroid dienone is 1. The Kier molecular flexibility index (Phi) is 8.14. The second kappa shape index (κ2) is 9.01. The molecule has 3 heteroatoms. The van der Waals surface area contributed by atoms with E-state index in [2.05, 4.69) is 6.58 Å². The van der Waals surface area contributed by atoms with Crippen LogP contribution in [-0.4, -0.2) is 10.9 Å². The third-order valence-corrected chi connectivity index (χ3v) is 3.03. The Morgan fingerprint density at radius 1 is 1.29 bits per heavy atom. The summed E-state index contributed by atoms with van der Waals surface area (Å²) in [5, 5.41) is 9.91. The summed E-state index contributed by atoms with van der Waals surface area (Å²) in [5.41, 5.74) is 2.27. The maximum absolute atomic E-state index is 11.3. The molecule has 0 aliphatic rings. The van der Waals surface area contributed by atoms with Gasteiger partial charge in [0.15, 0.2) is 17.3 Å². The van der Waals surface area contributed by atoms with E-state index in [0.717, 1.165) is 17.6 Å². The Hall–Kier alpha value is -2.03. The molecule has 0 heterocycles. The zero-order valence-electron chi connectivity index (χ0n) is 13.9. The molecule has 1 aromatic carbocycles. The van der Waals surface area contributed by atoms with Crippen LogP contribution in [0, 0.1) is 6.92 Å². The van der Waals surface area contributed by atoms with E-state index in [1.807, 2.05) is 40.7 Å². The standard InChI is InChI=1S/C16H20O3.C2H6/c1-6-10(2)16(18)13(5)19-15-9-14(12(4)17)8-7-11(15)3;1-2/h7-9,18H,5-6H2,1-4H3;1-2H3/b16-10+;. The number of ether oxygens (including phenoxy) is 1. The third kappa shape index (κ3) is 5.46. The zero-order valence-corrected chi connectivity index (χ0v) is 13.9. The van der Waals surface area contributed by atoms with Crippen molar-refractivity contribution >= 4 is 5.78 Å². The van der Waals surface area contributed by atoms with Crippen molar-refractivity contribution in [2.45, 2.75) is 48.0 Å². The van der Waals surface area contributed by atoms with Crippen molar-refractivity contribution in [3.05, 3.63) is 53.0 Å². The van der Waals surface area contributed by atoms with E-state index in [0.29, 0.717) is 11.3 Å². The van der Waals surface area contributed by atoms with Crippen LogP contribution in [0.4, 0.5) is 0 Å². The quantitative estimate of drug-likeness (QED) is 0.451. The van der Waals surface area contributed by atoms with Crippen LogP contribution in [-0.2, 0) is 0 Å². The molecule has 0 saturated heterocycles. The van der Waals surface area contributed by atoms with Gasteiger partial charge in [-0.25, -0.2) is 0 Å². The number of ketones is 1. The normalized spacial score (nSPS) is 11.0. The lowest BCUT2D eigenvalue weighted by atomic mass is 10.1. The van der Waals surface area contributed by atoms with Crippen molar-refractivity contribution in [1.82, 2.24) is 0 Å². The van der Waals surface area contributed by atoms with Crippen molar-refractivity contribution in [3.63, 3.8) is 0 Å². The van der Waals surface area contributed by atoms with Gasteiger partial charge in [0.05, 0.1) is 0 Å². The third-order valence-electron chi connectivity index (χ3n) is 3.03. The van der Waals surface area contributed by atoms with E-state index < -0.39 is 0 Å². The lowest BCUT2D eigenvalue weighted by Crippen LogP contribution is -2.02. The number of benzene rings is 1. The van der Waals surface area contributed by atoms with Gasteiger partial charge in [-0.05, 0) is 44.4 Å². The Bertz CT molecular complexity index is 539. The summed E-state index contributed by atoms with van der Waals surface area (Å²) in [7, 11) is 0. The molecule has 0 bridgehead atoms.